The number of carbonyl (C=O) groups is 2. The van der Waals surface area contributed by atoms with Crippen LogP contribution in [0, 0.1) is 19.8 Å². The van der Waals surface area contributed by atoms with E-state index in [2.05, 4.69) is 5.32 Å². The number of nitrogens with one attached hydrogen (secondary N) is 1. The highest BCUT2D eigenvalue weighted by atomic mass is 35.5. The standard InChI is InChI=1S/C31H36Cl3N3O4S/c1-6-29(31(39)35-17-20(2)3)36(18-25-26(32)8-7-9-27(25)33)30(38)19-37(23-13-12-22(5)28(34)16-23)42(40,41)24-14-10-21(4)11-15-24/h7-16,20,29H,6,17-19H2,1-5H3,(H,35,39)/t29-/m1/s1. The molecular formula is C31H36Cl3N3O4S. The Morgan fingerprint density at radius 2 is 1.52 bits per heavy atom. The minimum absolute atomic E-state index is 0.0139. The average molecular weight is 653 g/mol. The molecule has 7 nitrogen and oxygen atoms in total. The molecule has 226 valence electrons. The molecule has 0 heterocycles. The maximum Gasteiger partial charge on any atom is 0.264 e. The third kappa shape index (κ3) is 8.19. The summed E-state index contributed by atoms with van der Waals surface area (Å²) in [4.78, 5) is 28.9. The number of halogens is 3. The van der Waals surface area contributed by atoms with E-state index in [-0.39, 0.29) is 35.4 Å². The van der Waals surface area contributed by atoms with Crippen molar-refractivity contribution < 1.29 is 18.0 Å². The van der Waals surface area contributed by atoms with Crippen LogP contribution >= 0.6 is 34.8 Å². The molecule has 0 saturated heterocycles. The molecule has 0 aromatic heterocycles. The van der Waals surface area contributed by atoms with Crippen molar-refractivity contribution >= 4 is 62.3 Å². The number of hydrogen-bond donors (Lipinski definition) is 1. The second-order valence-corrected chi connectivity index (χ2v) is 13.6. The number of sulfonamides is 1. The Morgan fingerprint density at radius 1 is 0.905 bits per heavy atom. The van der Waals surface area contributed by atoms with Gasteiger partial charge >= 0.3 is 0 Å². The van der Waals surface area contributed by atoms with Crippen molar-refractivity contribution in [3.05, 3.63) is 92.4 Å². The van der Waals surface area contributed by atoms with E-state index < -0.39 is 28.5 Å². The molecule has 0 spiro atoms. The SMILES string of the molecule is CC[C@H](C(=O)NCC(C)C)N(Cc1c(Cl)cccc1Cl)C(=O)CN(c1ccc(C)c(Cl)c1)S(=O)(=O)c1ccc(C)cc1. The topological polar surface area (TPSA) is 86.8 Å². The minimum Gasteiger partial charge on any atom is -0.354 e. The number of nitrogens with zero attached hydrogens (tertiary/aromatic N) is 2. The predicted octanol–water partition coefficient (Wildman–Crippen LogP) is 7.04. The summed E-state index contributed by atoms with van der Waals surface area (Å²) in [7, 11) is -4.22. The summed E-state index contributed by atoms with van der Waals surface area (Å²) in [5.74, 6) is -0.769. The molecule has 0 fully saturated rings. The van der Waals surface area contributed by atoms with Crippen LogP contribution < -0.4 is 9.62 Å². The first-order chi connectivity index (χ1) is 19.8. The van der Waals surface area contributed by atoms with E-state index >= 15 is 0 Å². The Labute approximate surface area is 263 Å². The molecule has 1 N–H and O–H groups in total. The smallest absolute Gasteiger partial charge is 0.264 e. The summed E-state index contributed by atoms with van der Waals surface area (Å²) < 4.78 is 29.0. The number of carbonyl (C=O) groups excluding carboxylic acids is 2. The highest BCUT2D eigenvalue weighted by Gasteiger charge is 2.34. The van der Waals surface area contributed by atoms with Gasteiger partial charge < -0.3 is 10.2 Å². The van der Waals surface area contributed by atoms with Gasteiger partial charge in [-0.3, -0.25) is 13.9 Å². The van der Waals surface area contributed by atoms with Crippen LogP contribution in [0.5, 0.6) is 0 Å². The maximum atomic E-state index is 14.2. The normalized spacial score (nSPS) is 12.2. The van der Waals surface area contributed by atoms with Crippen molar-refractivity contribution in [3.63, 3.8) is 0 Å². The Balaban J connectivity index is 2.11. The van der Waals surface area contributed by atoms with Crippen molar-refractivity contribution in [1.82, 2.24) is 10.2 Å². The lowest BCUT2D eigenvalue weighted by Crippen LogP contribution is -2.52. The van der Waals surface area contributed by atoms with Crippen LogP contribution in [-0.2, 0) is 26.2 Å². The zero-order valence-electron chi connectivity index (χ0n) is 24.3. The quantitative estimate of drug-likeness (QED) is 0.227. The van der Waals surface area contributed by atoms with Crippen molar-refractivity contribution in [2.24, 2.45) is 5.92 Å². The molecule has 0 aliphatic rings. The second kappa shape index (κ2) is 14.6. The zero-order valence-corrected chi connectivity index (χ0v) is 27.4. The predicted molar refractivity (Wildman–Crippen MR) is 171 cm³/mol. The summed E-state index contributed by atoms with van der Waals surface area (Å²) in [5.41, 5.74) is 2.31. The van der Waals surface area contributed by atoms with Crippen molar-refractivity contribution in [2.75, 3.05) is 17.4 Å². The van der Waals surface area contributed by atoms with Gasteiger partial charge in [-0.05, 0) is 68.1 Å². The zero-order chi connectivity index (χ0) is 31.2. The van der Waals surface area contributed by atoms with Crippen molar-refractivity contribution in [3.8, 4) is 0 Å². The van der Waals surface area contributed by atoms with Gasteiger partial charge in [0.15, 0.2) is 0 Å². The van der Waals surface area contributed by atoms with Gasteiger partial charge in [-0.1, -0.05) is 85.4 Å². The largest absolute Gasteiger partial charge is 0.354 e. The van der Waals surface area contributed by atoms with Crippen LogP contribution in [0.25, 0.3) is 0 Å². The fourth-order valence-electron chi connectivity index (χ4n) is 4.30. The molecule has 0 unspecified atom stereocenters. The molecule has 2 amide bonds. The molecule has 1 atom stereocenters. The van der Waals surface area contributed by atoms with E-state index in [4.69, 9.17) is 34.8 Å². The average Bonchev–Trinajstić information content (AvgIpc) is 2.93. The first-order valence-corrected chi connectivity index (χ1v) is 16.2. The summed E-state index contributed by atoms with van der Waals surface area (Å²) in [5, 5.41) is 3.90. The Bertz CT molecular complexity index is 1510. The Kier molecular flexibility index (Phi) is 11.7. The molecule has 42 heavy (non-hydrogen) atoms. The highest BCUT2D eigenvalue weighted by Crippen LogP contribution is 2.30. The first kappa shape index (κ1) is 33.7. The molecule has 0 bridgehead atoms. The molecule has 3 aromatic rings. The van der Waals surface area contributed by atoms with Gasteiger partial charge in [-0.15, -0.1) is 0 Å². The van der Waals surface area contributed by atoms with E-state index in [1.165, 1.54) is 23.1 Å². The third-order valence-electron chi connectivity index (χ3n) is 6.79. The molecule has 0 aliphatic heterocycles. The van der Waals surface area contributed by atoms with E-state index in [1.807, 2.05) is 20.8 Å². The summed E-state index contributed by atoms with van der Waals surface area (Å²) in [6.07, 6.45) is 0.277. The second-order valence-electron chi connectivity index (χ2n) is 10.5. The Morgan fingerprint density at radius 3 is 2.07 bits per heavy atom. The molecule has 11 heteroatoms. The lowest BCUT2D eigenvalue weighted by molar-refractivity contribution is -0.140. The molecular weight excluding hydrogens is 617 g/mol. The molecule has 0 aliphatic carbocycles. The number of amides is 2. The monoisotopic (exact) mass is 651 g/mol. The number of aryl methyl sites for hydroxylation is 2. The van der Waals surface area contributed by atoms with Gasteiger partial charge in [0, 0.05) is 33.7 Å². The minimum atomic E-state index is -4.22. The lowest BCUT2D eigenvalue weighted by atomic mass is 10.1. The molecule has 3 rings (SSSR count). The van der Waals surface area contributed by atoms with E-state index in [9.17, 15) is 18.0 Å². The van der Waals surface area contributed by atoms with Gasteiger partial charge in [-0.25, -0.2) is 8.42 Å². The number of anilines is 1. The fraction of sp³-hybridized carbons (Fsp3) is 0.355. The third-order valence-corrected chi connectivity index (χ3v) is 9.70. The summed E-state index contributed by atoms with van der Waals surface area (Å²) >= 11 is 19.3. The van der Waals surface area contributed by atoms with Crippen molar-refractivity contribution in [2.45, 2.75) is 58.5 Å². The number of hydrogen-bond acceptors (Lipinski definition) is 4. The molecule has 3 aromatic carbocycles. The van der Waals surface area contributed by atoms with Gasteiger partial charge in [-0.2, -0.15) is 0 Å². The van der Waals surface area contributed by atoms with E-state index in [0.29, 0.717) is 27.2 Å². The molecule has 0 saturated carbocycles. The van der Waals surface area contributed by atoms with Crippen molar-refractivity contribution in [1.29, 1.82) is 0 Å². The van der Waals surface area contributed by atoms with Crippen LogP contribution in [0.3, 0.4) is 0 Å². The van der Waals surface area contributed by atoms with Crippen LogP contribution in [0.4, 0.5) is 5.69 Å². The van der Waals surface area contributed by atoms with Crippen LogP contribution in [-0.4, -0.2) is 44.3 Å². The summed E-state index contributed by atoms with van der Waals surface area (Å²) in [6.45, 7) is 9.10. The maximum absolute atomic E-state index is 14.2. The number of benzene rings is 3. The van der Waals surface area contributed by atoms with Gasteiger partial charge in [0.1, 0.15) is 12.6 Å². The van der Waals surface area contributed by atoms with Crippen LogP contribution in [0.2, 0.25) is 15.1 Å². The van der Waals surface area contributed by atoms with E-state index in [1.54, 1.807) is 56.3 Å². The van der Waals surface area contributed by atoms with Crippen LogP contribution in [0.1, 0.15) is 43.9 Å². The van der Waals surface area contributed by atoms with Crippen LogP contribution in [0.15, 0.2) is 65.6 Å². The summed E-state index contributed by atoms with van der Waals surface area (Å²) in [6, 6.07) is 15.2. The fourth-order valence-corrected chi connectivity index (χ4v) is 6.40. The van der Waals surface area contributed by atoms with Gasteiger partial charge in [0.2, 0.25) is 11.8 Å². The molecule has 0 radical (unpaired) electrons. The van der Waals surface area contributed by atoms with E-state index in [0.717, 1.165) is 15.4 Å². The van der Waals surface area contributed by atoms with Gasteiger partial charge in [0.05, 0.1) is 10.6 Å². The Hall–Kier alpha value is -2.78. The van der Waals surface area contributed by atoms with Gasteiger partial charge in [0.25, 0.3) is 10.0 Å². The number of rotatable bonds is 12. The highest BCUT2D eigenvalue weighted by molar-refractivity contribution is 7.92. The lowest BCUT2D eigenvalue weighted by Gasteiger charge is -2.33. The first-order valence-electron chi connectivity index (χ1n) is 13.6.